The Labute approximate surface area is 161 Å². The number of hydrogen-bond acceptors (Lipinski definition) is 5. The fraction of sp³-hybridized carbons (Fsp3) is 0.0476. The minimum absolute atomic E-state index is 0.109. The molecule has 28 heavy (non-hydrogen) atoms. The van der Waals surface area contributed by atoms with Crippen molar-refractivity contribution in [2.75, 3.05) is 4.90 Å². The zero-order valence-corrected chi connectivity index (χ0v) is 14.6. The first-order valence-corrected chi connectivity index (χ1v) is 8.35. The van der Waals surface area contributed by atoms with Crippen LogP contribution in [0.5, 0.6) is 0 Å². The Kier molecular flexibility index (Phi) is 5.63. The van der Waals surface area contributed by atoms with Gasteiger partial charge in [-0.3, -0.25) is 10.1 Å². The lowest BCUT2D eigenvalue weighted by molar-refractivity contribution is -0.384. The lowest BCUT2D eigenvalue weighted by Crippen LogP contribution is -2.28. The van der Waals surface area contributed by atoms with Crippen LogP contribution in [0.25, 0.3) is 0 Å². The Bertz CT molecular complexity index is 960. The van der Waals surface area contributed by atoms with E-state index in [-0.39, 0.29) is 5.69 Å². The molecule has 0 spiro atoms. The van der Waals surface area contributed by atoms with Crippen molar-refractivity contribution in [2.24, 2.45) is 0 Å². The monoisotopic (exact) mass is 373 g/mol. The second-order valence-electron chi connectivity index (χ2n) is 5.75. The molecule has 0 saturated heterocycles. The van der Waals surface area contributed by atoms with E-state index in [0.717, 1.165) is 0 Å². The normalized spacial score (nSPS) is 11.1. The van der Waals surface area contributed by atoms with E-state index in [2.05, 4.69) is 0 Å². The molecule has 7 heteroatoms. The van der Waals surface area contributed by atoms with Crippen LogP contribution in [0.1, 0.15) is 11.7 Å². The van der Waals surface area contributed by atoms with Crippen LogP contribution in [0.4, 0.5) is 21.9 Å². The number of non-ortho nitro benzene ring substituents is 1. The number of amides is 1. The molecule has 3 aromatic carbocycles. The summed E-state index contributed by atoms with van der Waals surface area (Å²) in [5.74, 6) is 0. The van der Waals surface area contributed by atoms with E-state index in [4.69, 9.17) is 4.74 Å². The van der Waals surface area contributed by atoms with Gasteiger partial charge in [-0.1, -0.05) is 36.4 Å². The largest absolute Gasteiger partial charge is 0.425 e. The van der Waals surface area contributed by atoms with Crippen molar-refractivity contribution in [1.29, 1.82) is 5.26 Å². The first kappa shape index (κ1) is 18.6. The van der Waals surface area contributed by atoms with Crippen molar-refractivity contribution in [3.8, 4) is 6.07 Å². The van der Waals surface area contributed by atoms with E-state index in [1.165, 1.54) is 29.2 Å². The third-order valence-electron chi connectivity index (χ3n) is 3.95. The molecular formula is C21H15N3O4. The summed E-state index contributed by atoms with van der Waals surface area (Å²) in [6.07, 6.45) is -1.94. The van der Waals surface area contributed by atoms with Crippen LogP contribution < -0.4 is 4.90 Å². The van der Waals surface area contributed by atoms with Crippen LogP contribution in [0.3, 0.4) is 0 Å². The number of nitro benzene ring substituents is 1. The van der Waals surface area contributed by atoms with E-state index < -0.39 is 17.1 Å². The Hall–Kier alpha value is -4.18. The fourth-order valence-electron chi connectivity index (χ4n) is 2.61. The van der Waals surface area contributed by atoms with Gasteiger partial charge in [-0.25, -0.2) is 9.69 Å². The number of carbonyl (C=O) groups excluding carboxylic acids is 1. The van der Waals surface area contributed by atoms with Gasteiger partial charge in [-0.2, -0.15) is 5.26 Å². The molecule has 0 aliphatic heterocycles. The van der Waals surface area contributed by atoms with E-state index in [9.17, 15) is 20.2 Å². The molecule has 0 fully saturated rings. The molecule has 0 aromatic heterocycles. The van der Waals surface area contributed by atoms with Crippen LogP contribution in [-0.4, -0.2) is 11.0 Å². The number of hydrogen-bond donors (Lipinski definition) is 0. The van der Waals surface area contributed by atoms with Crippen molar-refractivity contribution in [3.05, 3.63) is 101 Å². The maximum atomic E-state index is 12.9. The number of rotatable bonds is 5. The van der Waals surface area contributed by atoms with E-state index in [1.54, 1.807) is 48.5 Å². The highest BCUT2D eigenvalue weighted by Gasteiger charge is 2.24. The first-order chi connectivity index (χ1) is 13.6. The minimum atomic E-state index is -1.21. The third-order valence-corrected chi connectivity index (χ3v) is 3.95. The predicted octanol–water partition coefficient (Wildman–Crippen LogP) is 5.13. The van der Waals surface area contributed by atoms with Crippen LogP contribution >= 0.6 is 0 Å². The maximum absolute atomic E-state index is 12.9. The molecular weight excluding hydrogens is 358 g/mol. The number of benzene rings is 3. The van der Waals surface area contributed by atoms with Gasteiger partial charge in [0.05, 0.1) is 16.3 Å². The molecule has 0 aliphatic carbocycles. The molecule has 0 heterocycles. The molecule has 138 valence electrons. The van der Waals surface area contributed by atoms with Crippen molar-refractivity contribution in [2.45, 2.75) is 6.10 Å². The quantitative estimate of drug-likeness (QED) is 0.456. The topological polar surface area (TPSA) is 96.5 Å². The molecule has 0 aliphatic rings. The van der Waals surface area contributed by atoms with Crippen molar-refractivity contribution in [3.63, 3.8) is 0 Å². The van der Waals surface area contributed by atoms with Crippen LogP contribution in [0, 0.1) is 21.4 Å². The summed E-state index contributed by atoms with van der Waals surface area (Å²) in [5.41, 5.74) is 1.41. The van der Waals surface area contributed by atoms with Gasteiger partial charge in [-0.05, 0) is 36.4 Å². The predicted molar refractivity (Wildman–Crippen MR) is 103 cm³/mol. The Balaban J connectivity index is 1.88. The second kappa shape index (κ2) is 8.47. The SMILES string of the molecule is N#C[C@H](OC(=O)N(c1ccccc1)c1ccccc1)c1ccc([N+](=O)[O-])cc1. The van der Waals surface area contributed by atoms with Gasteiger partial charge in [0.25, 0.3) is 5.69 Å². The smallest absolute Gasteiger partial charge is 0.420 e. The molecule has 1 amide bonds. The molecule has 0 N–H and O–H groups in total. The summed E-state index contributed by atoms with van der Waals surface area (Å²) in [7, 11) is 0. The standard InChI is InChI=1S/C21H15N3O4/c22-15-20(16-11-13-19(14-12-16)24(26)27)28-21(25)23(17-7-3-1-4-8-17)18-9-5-2-6-10-18/h1-14,20H/t20-/m0/s1. The Morgan fingerprint density at radius 1 is 0.929 bits per heavy atom. The highest BCUT2D eigenvalue weighted by atomic mass is 16.6. The van der Waals surface area contributed by atoms with Crippen LogP contribution in [0.2, 0.25) is 0 Å². The molecule has 1 atom stereocenters. The van der Waals surface area contributed by atoms with Gasteiger partial charge in [0, 0.05) is 17.7 Å². The molecule has 0 unspecified atom stereocenters. The number of anilines is 2. The molecule has 0 bridgehead atoms. The first-order valence-electron chi connectivity index (χ1n) is 8.35. The highest BCUT2D eigenvalue weighted by molar-refractivity contribution is 5.96. The number of carbonyl (C=O) groups is 1. The fourth-order valence-corrected chi connectivity index (χ4v) is 2.61. The molecule has 3 aromatic rings. The summed E-state index contributed by atoms with van der Waals surface area (Å²) in [6.45, 7) is 0. The summed E-state index contributed by atoms with van der Waals surface area (Å²) in [4.78, 5) is 24.5. The number of para-hydroxylation sites is 2. The summed E-state index contributed by atoms with van der Waals surface area (Å²) in [5, 5.41) is 20.2. The number of nitro groups is 1. The van der Waals surface area contributed by atoms with Crippen molar-refractivity contribution in [1.82, 2.24) is 0 Å². The maximum Gasteiger partial charge on any atom is 0.420 e. The van der Waals surface area contributed by atoms with Gasteiger partial charge in [0.15, 0.2) is 0 Å². The second-order valence-corrected chi connectivity index (χ2v) is 5.75. The number of ether oxygens (including phenoxy) is 1. The third kappa shape index (κ3) is 4.14. The van der Waals surface area contributed by atoms with Crippen LogP contribution in [-0.2, 0) is 4.74 Å². The van der Waals surface area contributed by atoms with Gasteiger partial charge in [0.1, 0.15) is 6.07 Å². The Morgan fingerprint density at radius 2 is 1.43 bits per heavy atom. The molecule has 3 rings (SSSR count). The van der Waals surface area contributed by atoms with E-state index in [0.29, 0.717) is 16.9 Å². The average molecular weight is 373 g/mol. The average Bonchev–Trinajstić information content (AvgIpc) is 2.74. The number of nitriles is 1. The summed E-state index contributed by atoms with van der Waals surface area (Å²) in [6, 6.07) is 25.1. The zero-order valence-electron chi connectivity index (χ0n) is 14.6. The Morgan fingerprint density at radius 3 is 1.86 bits per heavy atom. The number of nitrogens with zero attached hydrogens (tertiary/aromatic N) is 3. The molecule has 7 nitrogen and oxygen atoms in total. The van der Waals surface area contributed by atoms with Gasteiger partial charge >= 0.3 is 6.09 Å². The lowest BCUT2D eigenvalue weighted by atomic mass is 10.1. The highest BCUT2D eigenvalue weighted by Crippen LogP contribution is 2.28. The van der Waals surface area contributed by atoms with Gasteiger partial charge in [0.2, 0.25) is 6.10 Å². The molecule has 0 saturated carbocycles. The van der Waals surface area contributed by atoms with E-state index >= 15 is 0 Å². The lowest BCUT2D eigenvalue weighted by Gasteiger charge is -2.23. The summed E-state index contributed by atoms with van der Waals surface area (Å²) >= 11 is 0. The van der Waals surface area contributed by atoms with Crippen molar-refractivity contribution < 1.29 is 14.5 Å². The van der Waals surface area contributed by atoms with Gasteiger partial charge < -0.3 is 4.74 Å². The minimum Gasteiger partial charge on any atom is -0.425 e. The van der Waals surface area contributed by atoms with Gasteiger partial charge in [-0.15, -0.1) is 0 Å². The van der Waals surface area contributed by atoms with E-state index in [1.807, 2.05) is 18.2 Å². The summed E-state index contributed by atoms with van der Waals surface area (Å²) < 4.78 is 5.41. The zero-order chi connectivity index (χ0) is 19.9. The van der Waals surface area contributed by atoms with Crippen molar-refractivity contribution >= 4 is 23.2 Å². The van der Waals surface area contributed by atoms with Crippen LogP contribution in [0.15, 0.2) is 84.9 Å². The molecule has 0 radical (unpaired) electrons.